The first-order valence-electron chi connectivity index (χ1n) is 10.0. The molecule has 0 bridgehead atoms. The fourth-order valence-corrected chi connectivity index (χ4v) is 3.54. The molecular formula is C23H30N2O2. The van der Waals surface area contributed by atoms with Crippen molar-refractivity contribution in [3.8, 4) is 5.75 Å². The lowest BCUT2D eigenvalue weighted by molar-refractivity contribution is 0.0953. The van der Waals surface area contributed by atoms with E-state index in [1.165, 1.54) is 50.0 Å². The van der Waals surface area contributed by atoms with Gasteiger partial charge in [-0.1, -0.05) is 25.0 Å². The largest absolute Gasteiger partial charge is 0.497 e. The average molecular weight is 367 g/mol. The van der Waals surface area contributed by atoms with Gasteiger partial charge in [-0.25, -0.2) is 0 Å². The first kappa shape index (κ1) is 19.3. The van der Waals surface area contributed by atoms with Crippen LogP contribution in [-0.4, -0.2) is 32.7 Å². The Hall–Kier alpha value is -2.49. The summed E-state index contributed by atoms with van der Waals surface area (Å²) in [5.74, 6) is 0.726. The second-order valence-corrected chi connectivity index (χ2v) is 7.16. The van der Waals surface area contributed by atoms with Crippen molar-refractivity contribution in [1.29, 1.82) is 0 Å². The number of hydrogen-bond donors (Lipinski definition) is 1. The van der Waals surface area contributed by atoms with Crippen LogP contribution in [0.15, 0.2) is 48.5 Å². The van der Waals surface area contributed by atoms with Gasteiger partial charge in [-0.15, -0.1) is 0 Å². The number of anilines is 1. The number of benzene rings is 2. The number of rotatable bonds is 7. The third-order valence-electron chi connectivity index (χ3n) is 5.19. The Morgan fingerprint density at radius 3 is 2.26 bits per heavy atom. The van der Waals surface area contributed by atoms with E-state index in [9.17, 15) is 4.79 Å². The van der Waals surface area contributed by atoms with Gasteiger partial charge in [0.2, 0.25) is 0 Å². The predicted molar refractivity (Wildman–Crippen MR) is 111 cm³/mol. The topological polar surface area (TPSA) is 41.6 Å². The van der Waals surface area contributed by atoms with E-state index in [0.717, 1.165) is 18.6 Å². The molecular weight excluding hydrogens is 336 g/mol. The molecule has 1 aliphatic rings. The monoisotopic (exact) mass is 366 g/mol. The van der Waals surface area contributed by atoms with Crippen LogP contribution in [0, 0.1) is 0 Å². The number of nitrogens with zero attached hydrogens (tertiary/aromatic N) is 1. The van der Waals surface area contributed by atoms with E-state index in [2.05, 4.69) is 34.5 Å². The Morgan fingerprint density at radius 2 is 1.63 bits per heavy atom. The molecule has 3 rings (SSSR count). The Kier molecular flexibility index (Phi) is 7.14. The van der Waals surface area contributed by atoms with Crippen LogP contribution < -0.4 is 15.0 Å². The van der Waals surface area contributed by atoms with Gasteiger partial charge in [0.1, 0.15) is 5.75 Å². The van der Waals surface area contributed by atoms with Gasteiger partial charge in [-0.3, -0.25) is 4.79 Å². The second-order valence-electron chi connectivity index (χ2n) is 7.16. The normalized spacial score (nSPS) is 14.5. The highest BCUT2D eigenvalue weighted by atomic mass is 16.5. The highest BCUT2D eigenvalue weighted by Gasteiger charge is 2.09. The summed E-state index contributed by atoms with van der Waals surface area (Å²) >= 11 is 0. The lowest BCUT2D eigenvalue weighted by Crippen LogP contribution is -2.24. The Bertz CT molecular complexity index is 702. The van der Waals surface area contributed by atoms with Gasteiger partial charge in [-0.05, 0) is 67.6 Å². The van der Waals surface area contributed by atoms with E-state index in [0.29, 0.717) is 12.1 Å². The number of ether oxygens (including phenoxy) is 1. The van der Waals surface area contributed by atoms with E-state index < -0.39 is 0 Å². The minimum absolute atomic E-state index is 0.0332. The van der Waals surface area contributed by atoms with Crippen LogP contribution in [0.3, 0.4) is 0 Å². The fraction of sp³-hybridized carbons (Fsp3) is 0.435. The molecule has 2 aromatic rings. The van der Waals surface area contributed by atoms with Crippen molar-refractivity contribution in [2.75, 3.05) is 31.6 Å². The molecule has 0 saturated carbocycles. The maximum absolute atomic E-state index is 12.1. The second kappa shape index (κ2) is 10.0. The maximum Gasteiger partial charge on any atom is 0.251 e. The lowest BCUT2D eigenvalue weighted by atomic mass is 10.1. The molecule has 1 heterocycles. The molecule has 1 aliphatic heterocycles. The quantitative estimate of drug-likeness (QED) is 0.737. The van der Waals surface area contributed by atoms with Crippen LogP contribution in [0.2, 0.25) is 0 Å². The van der Waals surface area contributed by atoms with Crippen molar-refractivity contribution in [2.45, 2.75) is 38.5 Å². The third-order valence-corrected chi connectivity index (χ3v) is 5.19. The molecule has 1 N–H and O–H groups in total. The maximum atomic E-state index is 12.1. The summed E-state index contributed by atoms with van der Waals surface area (Å²) in [6, 6.07) is 16.1. The lowest BCUT2D eigenvalue weighted by Gasteiger charge is -2.22. The molecule has 2 aromatic carbocycles. The highest BCUT2D eigenvalue weighted by molar-refractivity contribution is 5.94. The van der Waals surface area contributed by atoms with E-state index in [1.54, 1.807) is 31.4 Å². The summed E-state index contributed by atoms with van der Waals surface area (Å²) in [4.78, 5) is 14.7. The average Bonchev–Trinajstić information content (AvgIpc) is 3.01. The van der Waals surface area contributed by atoms with Gasteiger partial charge in [-0.2, -0.15) is 0 Å². The number of hydrogen-bond acceptors (Lipinski definition) is 3. The van der Waals surface area contributed by atoms with Crippen LogP contribution in [0.4, 0.5) is 5.69 Å². The molecule has 0 aromatic heterocycles. The molecule has 1 amide bonds. The molecule has 0 spiro atoms. The first-order chi connectivity index (χ1) is 13.3. The van der Waals surface area contributed by atoms with Crippen LogP contribution >= 0.6 is 0 Å². The number of amides is 1. The van der Waals surface area contributed by atoms with Crippen molar-refractivity contribution in [2.24, 2.45) is 0 Å². The standard InChI is InChI=1S/C23H30N2O2/c1-27-22-14-10-20(11-15-22)23(26)24-16-6-7-19-8-12-21(13-9-19)25-17-4-2-3-5-18-25/h8-15H,2-7,16-18H2,1H3,(H,24,26). The Labute approximate surface area is 162 Å². The van der Waals surface area contributed by atoms with Crippen molar-refractivity contribution >= 4 is 11.6 Å². The summed E-state index contributed by atoms with van der Waals surface area (Å²) < 4.78 is 5.11. The van der Waals surface area contributed by atoms with Crippen molar-refractivity contribution in [1.82, 2.24) is 5.32 Å². The van der Waals surface area contributed by atoms with Crippen LogP contribution in [0.1, 0.15) is 48.0 Å². The van der Waals surface area contributed by atoms with Crippen molar-refractivity contribution < 1.29 is 9.53 Å². The molecule has 0 atom stereocenters. The SMILES string of the molecule is COc1ccc(C(=O)NCCCc2ccc(N3CCCCCC3)cc2)cc1. The molecule has 27 heavy (non-hydrogen) atoms. The fourth-order valence-electron chi connectivity index (χ4n) is 3.54. The van der Waals surface area contributed by atoms with Gasteiger partial charge >= 0.3 is 0 Å². The first-order valence-corrected chi connectivity index (χ1v) is 10.0. The van der Waals surface area contributed by atoms with Gasteiger partial charge in [0.05, 0.1) is 7.11 Å². The molecule has 0 radical (unpaired) electrons. The molecule has 1 fully saturated rings. The van der Waals surface area contributed by atoms with Gasteiger partial charge in [0.15, 0.2) is 0 Å². The van der Waals surface area contributed by atoms with E-state index in [4.69, 9.17) is 4.74 Å². The molecule has 4 heteroatoms. The van der Waals surface area contributed by atoms with Crippen LogP contribution in [0.25, 0.3) is 0 Å². The summed E-state index contributed by atoms with van der Waals surface area (Å²) in [6.45, 7) is 3.03. The number of carbonyl (C=O) groups excluding carboxylic acids is 1. The van der Waals surface area contributed by atoms with Crippen molar-refractivity contribution in [3.05, 3.63) is 59.7 Å². The Morgan fingerprint density at radius 1 is 0.963 bits per heavy atom. The zero-order chi connectivity index (χ0) is 18.9. The summed E-state index contributed by atoms with van der Waals surface area (Å²) in [5, 5.41) is 2.99. The zero-order valence-corrected chi connectivity index (χ0v) is 16.2. The highest BCUT2D eigenvalue weighted by Crippen LogP contribution is 2.20. The van der Waals surface area contributed by atoms with Gasteiger partial charge in [0.25, 0.3) is 5.91 Å². The van der Waals surface area contributed by atoms with E-state index >= 15 is 0 Å². The third kappa shape index (κ3) is 5.75. The number of methoxy groups -OCH3 is 1. The smallest absolute Gasteiger partial charge is 0.251 e. The summed E-state index contributed by atoms with van der Waals surface area (Å²) in [6.07, 6.45) is 7.23. The molecule has 4 nitrogen and oxygen atoms in total. The van der Waals surface area contributed by atoms with Gasteiger partial charge in [0, 0.05) is 30.9 Å². The van der Waals surface area contributed by atoms with Gasteiger partial charge < -0.3 is 15.0 Å². The van der Waals surface area contributed by atoms with E-state index in [1.807, 2.05) is 0 Å². The zero-order valence-electron chi connectivity index (χ0n) is 16.2. The minimum Gasteiger partial charge on any atom is -0.497 e. The molecule has 0 aliphatic carbocycles. The molecule has 144 valence electrons. The number of aryl methyl sites for hydroxylation is 1. The summed E-state index contributed by atoms with van der Waals surface area (Å²) in [5.41, 5.74) is 3.33. The number of carbonyl (C=O) groups is 1. The van der Waals surface area contributed by atoms with E-state index in [-0.39, 0.29) is 5.91 Å². The number of nitrogens with one attached hydrogen (secondary N) is 1. The van der Waals surface area contributed by atoms with Crippen LogP contribution in [0.5, 0.6) is 5.75 Å². The Balaban J connectivity index is 1.41. The molecule has 0 unspecified atom stereocenters. The molecule has 1 saturated heterocycles. The summed E-state index contributed by atoms with van der Waals surface area (Å²) in [7, 11) is 1.62. The minimum atomic E-state index is -0.0332. The van der Waals surface area contributed by atoms with Crippen LogP contribution in [-0.2, 0) is 6.42 Å². The predicted octanol–water partition coefficient (Wildman–Crippen LogP) is 4.44. The van der Waals surface area contributed by atoms with Crippen molar-refractivity contribution in [3.63, 3.8) is 0 Å².